The Hall–Kier alpha value is -1.43. The van der Waals surface area contributed by atoms with Crippen LogP contribution in [0.25, 0.3) is 0 Å². The zero-order valence-electron chi connectivity index (χ0n) is 11.1. The van der Waals surface area contributed by atoms with E-state index in [0.717, 1.165) is 25.0 Å². The Morgan fingerprint density at radius 3 is 2.80 bits per heavy atom. The van der Waals surface area contributed by atoms with Gasteiger partial charge in [-0.25, -0.2) is 0 Å². The maximum atomic E-state index is 6.10. The molecule has 1 aromatic heterocycles. The van der Waals surface area contributed by atoms with Crippen LogP contribution in [0.3, 0.4) is 0 Å². The highest BCUT2D eigenvalue weighted by molar-refractivity contribution is 5.85. The van der Waals surface area contributed by atoms with Gasteiger partial charge >= 0.3 is 0 Å². The number of hydrogen-bond acceptors (Lipinski definition) is 5. The molecule has 0 aliphatic carbocycles. The number of benzene rings is 1. The van der Waals surface area contributed by atoms with Crippen LogP contribution in [-0.2, 0) is 11.2 Å². The normalized spacial score (nSPS) is 19.6. The highest BCUT2D eigenvalue weighted by Gasteiger charge is 2.24. The summed E-state index contributed by atoms with van der Waals surface area (Å²) in [6, 6.07) is 9.78. The second-order valence-corrected chi connectivity index (χ2v) is 4.79. The summed E-state index contributed by atoms with van der Waals surface area (Å²) in [7, 11) is 0. The van der Waals surface area contributed by atoms with Crippen LogP contribution in [0.4, 0.5) is 0 Å². The van der Waals surface area contributed by atoms with Crippen LogP contribution >= 0.6 is 12.4 Å². The SMILES string of the molecule is Cl.N[C@@H](Cc1ccccc1)c1nc(C2CCCO2)no1. The molecule has 1 aromatic carbocycles. The molecule has 0 spiro atoms. The summed E-state index contributed by atoms with van der Waals surface area (Å²) in [6.45, 7) is 0.768. The lowest BCUT2D eigenvalue weighted by molar-refractivity contribution is 0.103. The maximum absolute atomic E-state index is 6.10. The highest BCUT2D eigenvalue weighted by Crippen LogP contribution is 2.27. The van der Waals surface area contributed by atoms with Gasteiger partial charge in [-0.1, -0.05) is 35.5 Å². The molecule has 6 heteroatoms. The molecule has 5 nitrogen and oxygen atoms in total. The van der Waals surface area contributed by atoms with Crippen LogP contribution in [-0.4, -0.2) is 16.7 Å². The molecular formula is C14H18ClN3O2. The third-order valence-electron chi connectivity index (χ3n) is 3.29. The predicted octanol–water partition coefficient (Wildman–Crippen LogP) is 2.59. The summed E-state index contributed by atoms with van der Waals surface area (Å²) < 4.78 is 10.8. The molecule has 1 aliphatic rings. The van der Waals surface area contributed by atoms with E-state index in [0.29, 0.717) is 18.1 Å². The first-order valence-electron chi connectivity index (χ1n) is 6.57. The van der Waals surface area contributed by atoms with Gasteiger partial charge in [-0.2, -0.15) is 4.98 Å². The molecule has 2 aromatic rings. The Morgan fingerprint density at radius 1 is 1.30 bits per heavy atom. The first-order valence-corrected chi connectivity index (χ1v) is 6.57. The van der Waals surface area contributed by atoms with E-state index in [1.165, 1.54) is 0 Å². The van der Waals surface area contributed by atoms with Crippen LogP contribution in [0.15, 0.2) is 34.9 Å². The van der Waals surface area contributed by atoms with Crippen molar-refractivity contribution in [3.05, 3.63) is 47.6 Å². The van der Waals surface area contributed by atoms with Crippen molar-refractivity contribution in [3.63, 3.8) is 0 Å². The van der Waals surface area contributed by atoms with Crippen molar-refractivity contribution < 1.29 is 9.26 Å². The van der Waals surface area contributed by atoms with E-state index in [2.05, 4.69) is 10.1 Å². The number of ether oxygens (including phenoxy) is 1. The second kappa shape index (κ2) is 6.83. The van der Waals surface area contributed by atoms with Crippen LogP contribution in [0.5, 0.6) is 0 Å². The molecule has 0 radical (unpaired) electrons. The van der Waals surface area contributed by atoms with Gasteiger partial charge in [0.25, 0.3) is 0 Å². The van der Waals surface area contributed by atoms with Crippen molar-refractivity contribution in [2.75, 3.05) is 6.61 Å². The molecule has 1 aliphatic heterocycles. The number of halogens is 1. The number of nitrogens with two attached hydrogens (primary N) is 1. The lowest BCUT2D eigenvalue weighted by Crippen LogP contribution is -2.14. The van der Waals surface area contributed by atoms with Crippen LogP contribution in [0.2, 0.25) is 0 Å². The Labute approximate surface area is 123 Å². The number of nitrogens with zero attached hydrogens (tertiary/aromatic N) is 2. The molecule has 2 heterocycles. The molecule has 0 saturated carbocycles. The van der Waals surface area contributed by atoms with Gasteiger partial charge in [0.2, 0.25) is 11.7 Å². The molecule has 1 unspecified atom stereocenters. The third-order valence-corrected chi connectivity index (χ3v) is 3.29. The standard InChI is InChI=1S/C14H17N3O2.ClH/c15-11(9-10-5-2-1-3-6-10)14-16-13(17-19-14)12-7-4-8-18-12;/h1-3,5-6,11-12H,4,7-9,15H2;1H/t11-,12?;/m0./s1. The summed E-state index contributed by atoms with van der Waals surface area (Å²) in [5, 5.41) is 3.97. The molecule has 1 fully saturated rings. The zero-order chi connectivity index (χ0) is 13.1. The van der Waals surface area contributed by atoms with E-state index in [1.54, 1.807) is 0 Å². The van der Waals surface area contributed by atoms with E-state index in [9.17, 15) is 0 Å². The zero-order valence-corrected chi connectivity index (χ0v) is 11.9. The van der Waals surface area contributed by atoms with Gasteiger partial charge in [-0.15, -0.1) is 12.4 Å². The molecule has 3 rings (SSSR count). The first-order chi connectivity index (χ1) is 9.33. The minimum atomic E-state index is -0.273. The minimum absolute atomic E-state index is 0. The summed E-state index contributed by atoms with van der Waals surface area (Å²) in [6.07, 6.45) is 2.66. The maximum Gasteiger partial charge on any atom is 0.243 e. The van der Waals surface area contributed by atoms with E-state index >= 15 is 0 Å². The Morgan fingerprint density at radius 2 is 2.10 bits per heavy atom. The van der Waals surface area contributed by atoms with Gasteiger partial charge in [-0.3, -0.25) is 0 Å². The first kappa shape index (κ1) is 15.0. The summed E-state index contributed by atoms with van der Waals surface area (Å²) in [5.41, 5.74) is 7.26. The fourth-order valence-corrected chi connectivity index (χ4v) is 2.27. The molecule has 108 valence electrons. The molecule has 0 amide bonds. The Balaban J connectivity index is 0.00000147. The van der Waals surface area contributed by atoms with Crippen molar-refractivity contribution in [2.45, 2.75) is 31.4 Å². The van der Waals surface area contributed by atoms with Crippen molar-refractivity contribution in [2.24, 2.45) is 5.73 Å². The molecule has 2 N–H and O–H groups in total. The highest BCUT2D eigenvalue weighted by atomic mass is 35.5. The van der Waals surface area contributed by atoms with Crippen LogP contribution < -0.4 is 5.73 Å². The fourth-order valence-electron chi connectivity index (χ4n) is 2.27. The number of aromatic nitrogens is 2. The fraction of sp³-hybridized carbons (Fsp3) is 0.429. The second-order valence-electron chi connectivity index (χ2n) is 4.79. The van der Waals surface area contributed by atoms with E-state index in [1.807, 2.05) is 30.3 Å². The topological polar surface area (TPSA) is 74.2 Å². The quantitative estimate of drug-likeness (QED) is 0.938. The Bertz CT molecular complexity index is 526. The summed E-state index contributed by atoms with van der Waals surface area (Å²) >= 11 is 0. The molecule has 20 heavy (non-hydrogen) atoms. The third kappa shape index (κ3) is 3.36. The van der Waals surface area contributed by atoms with E-state index < -0.39 is 0 Å². The average Bonchev–Trinajstić information content (AvgIpc) is 3.11. The number of hydrogen-bond donors (Lipinski definition) is 1. The molecule has 1 saturated heterocycles. The van der Waals surface area contributed by atoms with Gasteiger partial charge in [0, 0.05) is 6.61 Å². The summed E-state index contributed by atoms with van der Waals surface area (Å²) in [5.74, 6) is 1.10. The van der Waals surface area contributed by atoms with Gasteiger partial charge < -0.3 is 15.0 Å². The van der Waals surface area contributed by atoms with Crippen molar-refractivity contribution >= 4 is 12.4 Å². The summed E-state index contributed by atoms with van der Waals surface area (Å²) in [4.78, 5) is 4.36. The lowest BCUT2D eigenvalue weighted by Gasteiger charge is -2.06. The minimum Gasteiger partial charge on any atom is -0.370 e. The average molecular weight is 296 g/mol. The van der Waals surface area contributed by atoms with E-state index in [4.69, 9.17) is 15.0 Å². The predicted molar refractivity (Wildman–Crippen MR) is 76.5 cm³/mol. The monoisotopic (exact) mass is 295 g/mol. The van der Waals surface area contributed by atoms with Crippen molar-refractivity contribution in [3.8, 4) is 0 Å². The molecular weight excluding hydrogens is 278 g/mol. The van der Waals surface area contributed by atoms with Crippen molar-refractivity contribution in [1.29, 1.82) is 0 Å². The molecule has 0 bridgehead atoms. The van der Waals surface area contributed by atoms with Gasteiger partial charge in [0.05, 0.1) is 6.04 Å². The van der Waals surface area contributed by atoms with Gasteiger partial charge in [-0.05, 0) is 24.8 Å². The number of rotatable bonds is 4. The van der Waals surface area contributed by atoms with Gasteiger partial charge in [0.15, 0.2) is 0 Å². The van der Waals surface area contributed by atoms with E-state index in [-0.39, 0.29) is 24.6 Å². The largest absolute Gasteiger partial charge is 0.370 e. The van der Waals surface area contributed by atoms with Crippen LogP contribution in [0, 0.1) is 0 Å². The molecule has 2 atom stereocenters. The van der Waals surface area contributed by atoms with Gasteiger partial charge in [0.1, 0.15) is 6.10 Å². The smallest absolute Gasteiger partial charge is 0.243 e. The lowest BCUT2D eigenvalue weighted by atomic mass is 10.1. The van der Waals surface area contributed by atoms with Crippen molar-refractivity contribution in [1.82, 2.24) is 10.1 Å². The van der Waals surface area contributed by atoms with Crippen LogP contribution in [0.1, 0.15) is 42.3 Å². The Kier molecular flexibility index (Phi) is 5.11.